The van der Waals surface area contributed by atoms with E-state index in [0.717, 1.165) is 32.8 Å². The van der Waals surface area contributed by atoms with Gasteiger partial charge >= 0.3 is 0 Å². The maximum absolute atomic E-state index is 5.57. The van der Waals surface area contributed by atoms with Crippen molar-refractivity contribution >= 4 is 38.5 Å². The highest BCUT2D eigenvalue weighted by Crippen LogP contribution is 2.27. The SMILES string of the molecule is Cc1nc2ccc(N(C)c3ccc(Br)c(C)n3)cc2o1. The second kappa shape index (κ2) is 4.90. The molecule has 0 aliphatic heterocycles. The first-order valence-corrected chi connectivity index (χ1v) is 7.08. The summed E-state index contributed by atoms with van der Waals surface area (Å²) in [5.74, 6) is 1.57. The Morgan fingerprint density at radius 1 is 1.10 bits per heavy atom. The first-order valence-electron chi connectivity index (χ1n) is 6.28. The molecule has 0 radical (unpaired) electrons. The molecule has 0 saturated heterocycles. The molecule has 102 valence electrons. The standard InChI is InChI=1S/C15H14BrN3O/c1-9-12(16)5-7-15(17-9)19(3)11-4-6-13-14(8-11)20-10(2)18-13/h4-8H,1-3H3. The van der Waals surface area contributed by atoms with Gasteiger partial charge in [0.2, 0.25) is 0 Å². The molecule has 0 spiro atoms. The van der Waals surface area contributed by atoms with Crippen LogP contribution in [0.5, 0.6) is 0 Å². The third-order valence-corrected chi connectivity index (χ3v) is 4.05. The molecular weight excluding hydrogens is 318 g/mol. The first kappa shape index (κ1) is 13.1. The molecule has 0 fully saturated rings. The van der Waals surface area contributed by atoms with Crippen molar-refractivity contribution in [1.82, 2.24) is 9.97 Å². The number of halogens is 1. The molecule has 0 atom stereocenters. The van der Waals surface area contributed by atoms with Gasteiger partial charge in [-0.25, -0.2) is 9.97 Å². The summed E-state index contributed by atoms with van der Waals surface area (Å²) in [7, 11) is 1.99. The van der Waals surface area contributed by atoms with Crippen molar-refractivity contribution < 1.29 is 4.42 Å². The minimum atomic E-state index is 0.678. The van der Waals surface area contributed by atoms with Gasteiger partial charge in [-0.05, 0) is 47.1 Å². The maximum atomic E-state index is 5.57. The number of oxazole rings is 1. The van der Waals surface area contributed by atoms with E-state index >= 15 is 0 Å². The molecule has 0 amide bonds. The summed E-state index contributed by atoms with van der Waals surface area (Å²) in [4.78, 5) is 10.9. The molecule has 4 nitrogen and oxygen atoms in total. The quantitative estimate of drug-likeness (QED) is 0.699. The van der Waals surface area contributed by atoms with Crippen molar-refractivity contribution in [1.29, 1.82) is 0 Å². The van der Waals surface area contributed by atoms with Crippen LogP contribution in [0.3, 0.4) is 0 Å². The Hall–Kier alpha value is -1.88. The summed E-state index contributed by atoms with van der Waals surface area (Å²) in [6.45, 7) is 3.83. The van der Waals surface area contributed by atoms with Gasteiger partial charge in [-0.15, -0.1) is 0 Å². The molecule has 2 heterocycles. The number of aryl methyl sites for hydroxylation is 2. The van der Waals surface area contributed by atoms with Gasteiger partial charge < -0.3 is 9.32 Å². The van der Waals surface area contributed by atoms with Gasteiger partial charge in [-0.2, -0.15) is 0 Å². The lowest BCUT2D eigenvalue weighted by Crippen LogP contribution is -2.11. The minimum absolute atomic E-state index is 0.678. The average Bonchev–Trinajstić information content (AvgIpc) is 2.80. The minimum Gasteiger partial charge on any atom is -0.441 e. The van der Waals surface area contributed by atoms with Gasteiger partial charge in [-0.1, -0.05) is 0 Å². The van der Waals surface area contributed by atoms with Crippen LogP contribution in [-0.4, -0.2) is 17.0 Å². The predicted molar refractivity (Wildman–Crippen MR) is 83.5 cm³/mol. The number of rotatable bonds is 2. The number of hydrogen-bond donors (Lipinski definition) is 0. The number of nitrogens with zero attached hydrogens (tertiary/aromatic N) is 3. The smallest absolute Gasteiger partial charge is 0.192 e. The molecule has 3 aromatic rings. The molecule has 5 heteroatoms. The number of aromatic nitrogens is 2. The Balaban J connectivity index is 2.02. The van der Waals surface area contributed by atoms with Crippen LogP contribution in [0.25, 0.3) is 11.1 Å². The fourth-order valence-electron chi connectivity index (χ4n) is 2.09. The highest BCUT2D eigenvalue weighted by atomic mass is 79.9. The first-order chi connectivity index (χ1) is 9.54. The van der Waals surface area contributed by atoms with Gasteiger partial charge in [0.05, 0.1) is 5.69 Å². The van der Waals surface area contributed by atoms with E-state index in [0.29, 0.717) is 5.89 Å². The van der Waals surface area contributed by atoms with Crippen molar-refractivity contribution in [2.45, 2.75) is 13.8 Å². The van der Waals surface area contributed by atoms with Gasteiger partial charge in [0.15, 0.2) is 11.5 Å². The van der Waals surface area contributed by atoms with Gasteiger partial charge in [0, 0.05) is 30.2 Å². The van der Waals surface area contributed by atoms with E-state index in [9.17, 15) is 0 Å². The Bertz CT molecular complexity index is 782. The Morgan fingerprint density at radius 2 is 1.90 bits per heavy atom. The zero-order chi connectivity index (χ0) is 14.3. The Kier molecular flexibility index (Phi) is 3.22. The monoisotopic (exact) mass is 331 g/mol. The van der Waals surface area contributed by atoms with Crippen molar-refractivity contribution in [2.75, 3.05) is 11.9 Å². The molecule has 0 bridgehead atoms. The van der Waals surface area contributed by atoms with Gasteiger partial charge in [-0.3, -0.25) is 0 Å². The van der Waals surface area contributed by atoms with E-state index < -0.39 is 0 Å². The number of pyridine rings is 1. The highest BCUT2D eigenvalue weighted by Gasteiger charge is 2.10. The van der Waals surface area contributed by atoms with Crippen LogP contribution in [0.2, 0.25) is 0 Å². The number of benzene rings is 1. The van der Waals surface area contributed by atoms with Crippen LogP contribution in [0.1, 0.15) is 11.6 Å². The molecular formula is C15H14BrN3O. The summed E-state index contributed by atoms with van der Waals surface area (Å²) in [5, 5.41) is 0. The van der Waals surface area contributed by atoms with Crippen LogP contribution in [0.15, 0.2) is 39.2 Å². The summed E-state index contributed by atoms with van der Waals surface area (Å²) in [6.07, 6.45) is 0. The molecule has 1 aromatic carbocycles. The zero-order valence-electron chi connectivity index (χ0n) is 11.5. The maximum Gasteiger partial charge on any atom is 0.192 e. The third-order valence-electron chi connectivity index (χ3n) is 3.22. The van der Waals surface area contributed by atoms with E-state index in [1.165, 1.54) is 0 Å². The lowest BCUT2D eigenvalue weighted by atomic mass is 10.2. The lowest BCUT2D eigenvalue weighted by molar-refractivity contribution is 0.561. The van der Waals surface area contributed by atoms with E-state index in [4.69, 9.17) is 4.42 Å². The summed E-state index contributed by atoms with van der Waals surface area (Å²) in [5.41, 5.74) is 3.65. The zero-order valence-corrected chi connectivity index (χ0v) is 13.1. The second-order valence-electron chi connectivity index (χ2n) is 4.68. The second-order valence-corrected chi connectivity index (χ2v) is 5.53. The molecule has 0 unspecified atom stereocenters. The topological polar surface area (TPSA) is 42.2 Å². The van der Waals surface area contributed by atoms with Crippen LogP contribution < -0.4 is 4.90 Å². The van der Waals surface area contributed by atoms with Crippen LogP contribution in [-0.2, 0) is 0 Å². The molecule has 0 saturated carbocycles. The van der Waals surface area contributed by atoms with E-state index in [2.05, 4.69) is 25.9 Å². The fourth-order valence-corrected chi connectivity index (χ4v) is 2.31. The summed E-state index contributed by atoms with van der Waals surface area (Å²) in [6, 6.07) is 9.94. The summed E-state index contributed by atoms with van der Waals surface area (Å²) < 4.78 is 6.58. The van der Waals surface area contributed by atoms with Gasteiger partial charge in [0.1, 0.15) is 11.3 Å². The Labute approximate surface area is 125 Å². The summed E-state index contributed by atoms with van der Waals surface area (Å²) >= 11 is 3.47. The fraction of sp³-hybridized carbons (Fsp3) is 0.200. The van der Waals surface area contributed by atoms with Crippen LogP contribution in [0, 0.1) is 13.8 Å². The molecule has 0 aliphatic carbocycles. The highest BCUT2D eigenvalue weighted by molar-refractivity contribution is 9.10. The van der Waals surface area contributed by atoms with Crippen molar-refractivity contribution in [3.8, 4) is 0 Å². The average molecular weight is 332 g/mol. The lowest BCUT2D eigenvalue weighted by Gasteiger charge is -2.18. The molecule has 3 rings (SSSR count). The largest absolute Gasteiger partial charge is 0.441 e. The molecule has 2 aromatic heterocycles. The normalized spacial score (nSPS) is 11.0. The third kappa shape index (κ3) is 2.29. The molecule has 0 N–H and O–H groups in total. The number of anilines is 2. The van der Waals surface area contributed by atoms with Gasteiger partial charge in [0.25, 0.3) is 0 Å². The predicted octanol–water partition coefficient (Wildman–Crippen LogP) is 4.37. The van der Waals surface area contributed by atoms with Crippen molar-refractivity contribution in [3.05, 3.63) is 46.4 Å². The number of fused-ring (bicyclic) bond motifs is 1. The van der Waals surface area contributed by atoms with Crippen molar-refractivity contribution in [2.24, 2.45) is 0 Å². The number of hydrogen-bond acceptors (Lipinski definition) is 4. The Morgan fingerprint density at radius 3 is 2.65 bits per heavy atom. The molecule has 20 heavy (non-hydrogen) atoms. The van der Waals surface area contributed by atoms with E-state index in [-0.39, 0.29) is 0 Å². The van der Waals surface area contributed by atoms with Crippen LogP contribution >= 0.6 is 15.9 Å². The van der Waals surface area contributed by atoms with Crippen molar-refractivity contribution in [3.63, 3.8) is 0 Å². The van der Waals surface area contributed by atoms with Crippen LogP contribution in [0.4, 0.5) is 11.5 Å². The van der Waals surface area contributed by atoms with E-state index in [1.807, 2.05) is 56.1 Å². The molecule has 0 aliphatic rings. The van der Waals surface area contributed by atoms with E-state index in [1.54, 1.807) is 0 Å².